The van der Waals surface area contributed by atoms with Crippen molar-refractivity contribution in [2.75, 3.05) is 11.1 Å². The van der Waals surface area contributed by atoms with Crippen molar-refractivity contribution in [2.45, 2.75) is 6.54 Å². The number of aromatic hydroxyl groups is 1. The van der Waals surface area contributed by atoms with Crippen LogP contribution in [0.1, 0.15) is 16.7 Å². The van der Waals surface area contributed by atoms with Crippen molar-refractivity contribution in [3.63, 3.8) is 0 Å². The number of aliphatic imine (C=N–C) groups is 1. The van der Waals surface area contributed by atoms with Gasteiger partial charge in [0.05, 0.1) is 17.0 Å². The summed E-state index contributed by atoms with van der Waals surface area (Å²) in [5.74, 6) is 0.0712. The first-order valence-electron chi connectivity index (χ1n) is 10.8. The van der Waals surface area contributed by atoms with Crippen LogP contribution in [-0.4, -0.2) is 15.8 Å². The lowest BCUT2D eigenvalue weighted by Gasteiger charge is -2.09. The van der Waals surface area contributed by atoms with Gasteiger partial charge in [0, 0.05) is 34.4 Å². The summed E-state index contributed by atoms with van der Waals surface area (Å²) in [4.78, 5) is 7.99. The number of benzene rings is 4. The molecule has 0 aliphatic rings. The molecule has 0 amide bonds. The van der Waals surface area contributed by atoms with Crippen LogP contribution in [0.5, 0.6) is 5.88 Å². The highest BCUT2D eigenvalue weighted by Crippen LogP contribution is 2.32. The smallest absolute Gasteiger partial charge is 0.199 e. The first-order chi connectivity index (χ1) is 16.2. The lowest BCUT2D eigenvalue weighted by molar-refractivity contribution is 0.457. The van der Waals surface area contributed by atoms with E-state index < -0.39 is 0 Å². The van der Waals surface area contributed by atoms with Crippen LogP contribution in [-0.2, 0) is 6.54 Å². The number of nitrogens with zero attached hydrogens (tertiary/aromatic N) is 1. The molecule has 5 rings (SSSR count). The molecule has 4 aromatic carbocycles. The summed E-state index contributed by atoms with van der Waals surface area (Å²) in [5, 5.41) is 15.0. The van der Waals surface area contributed by atoms with Crippen molar-refractivity contribution in [1.29, 1.82) is 0 Å². The highest BCUT2D eigenvalue weighted by atomic mass is 16.3. The Balaban J connectivity index is 1.51. The van der Waals surface area contributed by atoms with E-state index in [0.717, 1.165) is 39.9 Å². The molecule has 0 spiro atoms. The summed E-state index contributed by atoms with van der Waals surface area (Å²) in [6, 6.07) is 33.6. The first-order valence-corrected chi connectivity index (χ1v) is 10.8. The molecular formula is C28H24N4O. The Bertz CT molecular complexity index is 1410. The predicted molar refractivity (Wildman–Crippen MR) is 136 cm³/mol. The van der Waals surface area contributed by atoms with Crippen LogP contribution in [0.2, 0.25) is 0 Å². The number of H-pyrrole nitrogens is 1. The van der Waals surface area contributed by atoms with Crippen LogP contribution >= 0.6 is 0 Å². The van der Waals surface area contributed by atoms with Gasteiger partial charge in [-0.2, -0.15) is 0 Å². The maximum Gasteiger partial charge on any atom is 0.199 e. The van der Waals surface area contributed by atoms with E-state index in [1.54, 1.807) is 0 Å². The zero-order valence-electron chi connectivity index (χ0n) is 18.0. The SMILES string of the molecule is Nc1ccc2[nH]c(O)c(C(=Nc3ccc(CNc4ccccc4)cc3)c3ccccc3)c2c1. The van der Waals surface area contributed by atoms with E-state index in [2.05, 4.69) is 22.4 Å². The number of hydrogen-bond acceptors (Lipinski definition) is 4. The maximum atomic E-state index is 10.8. The molecule has 5 N–H and O–H groups in total. The molecule has 0 atom stereocenters. The lowest BCUT2D eigenvalue weighted by Crippen LogP contribution is -2.03. The normalized spacial score (nSPS) is 11.6. The summed E-state index contributed by atoms with van der Waals surface area (Å²) in [6.45, 7) is 0.724. The molecule has 5 heteroatoms. The van der Waals surface area contributed by atoms with E-state index in [1.165, 1.54) is 0 Å². The molecule has 0 radical (unpaired) electrons. The van der Waals surface area contributed by atoms with Gasteiger partial charge >= 0.3 is 0 Å². The van der Waals surface area contributed by atoms with Gasteiger partial charge in [-0.25, -0.2) is 4.99 Å². The van der Waals surface area contributed by atoms with E-state index in [-0.39, 0.29) is 5.88 Å². The number of aromatic nitrogens is 1. The number of aromatic amines is 1. The number of hydrogen-bond donors (Lipinski definition) is 4. The summed E-state index contributed by atoms with van der Waals surface area (Å²) in [5.41, 5.74) is 12.7. The number of para-hydroxylation sites is 1. The summed E-state index contributed by atoms with van der Waals surface area (Å²) >= 11 is 0. The summed E-state index contributed by atoms with van der Waals surface area (Å²) < 4.78 is 0. The molecule has 0 aliphatic heterocycles. The number of nitrogens with two attached hydrogens (primary N) is 1. The Morgan fingerprint density at radius 2 is 1.55 bits per heavy atom. The third kappa shape index (κ3) is 4.43. The maximum absolute atomic E-state index is 10.8. The van der Waals surface area contributed by atoms with Gasteiger partial charge in [-0.05, 0) is 48.0 Å². The molecule has 0 saturated heterocycles. The van der Waals surface area contributed by atoms with Gasteiger partial charge in [0.25, 0.3) is 0 Å². The average Bonchev–Trinajstić information content (AvgIpc) is 3.18. The third-order valence-corrected chi connectivity index (χ3v) is 5.53. The monoisotopic (exact) mass is 432 g/mol. The van der Waals surface area contributed by atoms with Crippen LogP contribution in [0, 0.1) is 0 Å². The Morgan fingerprint density at radius 3 is 2.27 bits per heavy atom. The largest absolute Gasteiger partial charge is 0.494 e. The fourth-order valence-corrected chi connectivity index (χ4v) is 3.87. The van der Waals surface area contributed by atoms with Gasteiger partial charge in [0.1, 0.15) is 0 Å². The predicted octanol–water partition coefficient (Wildman–Crippen LogP) is 6.24. The zero-order valence-corrected chi connectivity index (χ0v) is 18.0. The third-order valence-electron chi connectivity index (χ3n) is 5.53. The van der Waals surface area contributed by atoms with Crippen LogP contribution in [0.3, 0.4) is 0 Å². The Morgan fingerprint density at radius 1 is 0.848 bits per heavy atom. The molecule has 33 heavy (non-hydrogen) atoms. The van der Waals surface area contributed by atoms with Gasteiger partial charge in [0.15, 0.2) is 5.88 Å². The quantitative estimate of drug-likeness (QED) is 0.189. The molecule has 1 aromatic heterocycles. The van der Waals surface area contributed by atoms with E-state index in [0.29, 0.717) is 17.0 Å². The van der Waals surface area contributed by atoms with Gasteiger partial charge in [0.2, 0.25) is 0 Å². The minimum atomic E-state index is 0.0712. The van der Waals surface area contributed by atoms with E-state index in [1.807, 2.05) is 91.0 Å². The van der Waals surface area contributed by atoms with E-state index in [4.69, 9.17) is 10.7 Å². The van der Waals surface area contributed by atoms with Crippen molar-refractivity contribution < 1.29 is 5.11 Å². The average molecular weight is 433 g/mol. The van der Waals surface area contributed by atoms with Crippen molar-refractivity contribution in [3.05, 3.63) is 120 Å². The van der Waals surface area contributed by atoms with Crippen molar-refractivity contribution in [1.82, 2.24) is 4.98 Å². The minimum Gasteiger partial charge on any atom is -0.494 e. The molecule has 0 saturated carbocycles. The molecular weight excluding hydrogens is 408 g/mol. The van der Waals surface area contributed by atoms with Crippen LogP contribution < -0.4 is 11.1 Å². The van der Waals surface area contributed by atoms with Crippen LogP contribution in [0.25, 0.3) is 10.9 Å². The van der Waals surface area contributed by atoms with Gasteiger partial charge in [-0.1, -0.05) is 60.7 Å². The van der Waals surface area contributed by atoms with E-state index >= 15 is 0 Å². The van der Waals surface area contributed by atoms with Crippen LogP contribution in [0.15, 0.2) is 108 Å². The first kappa shape index (κ1) is 20.4. The zero-order chi connectivity index (χ0) is 22.6. The standard InChI is InChI=1S/C28H24N4O/c29-21-13-16-25-24(17-21)26(28(33)32-25)27(20-7-3-1-4-8-20)31-23-14-11-19(12-15-23)18-30-22-9-5-2-6-10-22/h1-17,30,32-33H,18,29H2. The number of nitrogens with one attached hydrogen (secondary N) is 2. The van der Waals surface area contributed by atoms with Crippen molar-refractivity contribution in [2.24, 2.45) is 4.99 Å². The Kier molecular flexibility index (Phi) is 5.52. The summed E-state index contributed by atoms with van der Waals surface area (Å²) in [6.07, 6.45) is 0. The minimum absolute atomic E-state index is 0.0712. The molecule has 162 valence electrons. The number of anilines is 2. The molecule has 5 aromatic rings. The highest BCUT2D eigenvalue weighted by molar-refractivity contribution is 6.22. The fourth-order valence-electron chi connectivity index (χ4n) is 3.87. The lowest BCUT2D eigenvalue weighted by atomic mass is 10.0. The van der Waals surface area contributed by atoms with Gasteiger partial charge < -0.3 is 21.1 Å². The second kappa shape index (κ2) is 8.93. The second-order valence-corrected chi connectivity index (χ2v) is 7.87. The second-order valence-electron chi connectivity index (χ2n) is 7.87. The molecule has 0 unspecified atom stereocenters. The van der Waals surface area contributed by atoms with Crippen molar-refractivity contribution >= 4 is 33.7 Å². The molecule has 0 aliphatic carbocycles. The molecule has 0 fully saturated rings. The van der Waals surface area contributed by atoms with Gasteiger partial charge in [-0.15, -0.1) is 0 Å². The Labute approximate surface area is 192 Å². The summed E-state index contributed by atoms with van der Waals surface area (Å²) in [7, 11) is 0. The number of nitrogen functional groups attached to an aromatic ring is 1. The highest BCUT2D eigenvalue weighted by Gasteiger charge is 2.18. The molecule has 1 heterocycles. The van der Waals surface area contributed by atoms with Crippen molar-refractivity contribution in [3.8, 4) is 5.88 Å². The van der Waals surface area contributed by atoms with E-state index in [9.17, 15) is 5.11 Å². The molecule has 0 bridgehead atoms. The fraction of sp³-hybridized carbons (Fsp3) is 0.0357. The topological polar surface area (TPSA) is 86.4 Å². The number of rotatable bonds is 6. The Hall–Kier alpha value is -4.51. The number of fused-ring (bicyclic) bond motifs is 1. The van der Waals surface area contributed by atoms with Gasteiger partial charge in [-0.3, -0.25) is 0 Å². The molecule has 5 nitrogen and oxygen atoms in total. The van der Waals surface area contributed by atoms with Crippen LogP contribution in [0.4, 0.5) is 17.1 Å².